The van der Waals surface area contributed by atoms with E-state index in [1.165, 1.54) is 20.0 Å². The minimum atomic E-state index is -0.420. The highest BCUT2D eigenvalue weighted by Gasteiger charge is 2.17. The molecule has 0 radical (unpaired) electrons. The fourth-order valence-corrected chi connectivity index (χ4v) is 1.11. The van der Waals surface area contributed by atoms with Gasteiger partial charge in [-0.1, -0.05) is 11.8 Å². The molecule has 15 heavy (non-hydrogen) atoms. The van der Waals surface area contributed by atoms with Gasteiger partial charge < -0.3 is 4.74 Å². The summed E-state index contributed by atoms with van der Waals surface area (Å²) < 4.78 is 4.55. The summed E-state index contributed by atoms with van der Waals surface area (Å²) in [7, 11) is 1.34. The number of hydrogen-bond acceptors (Lipinski definition) is 3. The summed E-state index contributed by atoms with van der Waals surface area (Å²) in [5.74, 6) is 6.31. The first-order valence-corrected chi connectivity index (χ1v) is 4.85. The van der Waals surface area contributed by atoms with Crippen LogP contribution in [0.5, 0.6) is 0 Å². The van der Waals surface area contributed by atoms with Gasteiger partial charge in [0.15, 0.2) is 0 Å². The molecule has 2 rings (SSSR count). The van der Waals surface area contributed by atoms with Gasteiger partial charge in [-0.25, -0.2) is 9.78 Å². The van der Waals surface area contributed by atoms with Gasteiger partial charge in [-0.05, 0) is 25.0 Å². The number of ether oxygens (including phenoxy) is 1. The van der Waals surface area contributed by atoms with Crippen LogP contribution in [0, 0.1) is 17.8 Å². The van der Waals surface area contributed by atoms with E-state index in [1.807, 2.05) is 0 Å². The predicted octanol–water partition coefficient (Wildman–Crippen LogP) is 1.63. The summed E-state index contributed by atoms with van der Waals surface area (Å²) in [6, 6.07) is 3.41. The molecular weight excluding hydrogens is 190 g/mol. The fraction of sp³-hybridized carbons (Fsp3) is 0.333. The van der Waals surface area contributed by atoms with Crippen LogP contribution in [0.3, 0.4) is 0 Å². The predicted molar refractivity (Wildman–Crippen MR) is 55.2 cm³/mol. The average molecular weight is 201 g/mol. The molecular formula is C12H11NO2. The van der Waals surface area contributed by atoms with Crippen molar-refractivity contribution < 1.29 is 9.53 Å². The van der Waals surface area contributed by atoms with E-state index < -0.39 is 5.97 Å². The Balaban J connectivity index is 2.10. The molecule has 1 aromatic rings. The van der Waals surface area contributed by atoms with Gasteiger partial charge in [-0.2, -0.15) is 0 Å². The highest BCUT2D eigenvalue weighted by Crippen LogP contribution is 2.27. The zero-order chi connectivity index (χ0) is 10.7. The largest absolute Gasteiger partial charge is 0.464 e. The number of carbonyl (C=O) groups is 1. The van der Waals surface area contributed by atoms with Gasteiger partial charge in [0.25, 0.3) is 0 Å². The SMILES string of the molecule is COC(=O)c1ccc(C#CC2CC2)cn1. The first-order chi connectivity index (χ1) is 7.29. The molecule has 0 atom stereocenters. The normalized spacial score (nSPS) is 13.9. The second-order valence-electron chi connectivity index (χ2n) is 3.47. The number of rotatable bonds is 1. The number of esters is 1. The van der Waals surface area contributed by atoms with Crippen LogP contribution in [0.1, 0.15) is 28.9 Å². The Labute approximate surface area is 88.5 Å². The third-order valence-electron chi connectivity index (χ3n) is 2.16. The summed E-state index contributed by atoms with van der Waals surface area (Å²) >= 11 is 0. The Morgan fingerprint density at radius 3 is 2.87 bits per heavy atom. The minimum Gasteiger partial charge on any atom is -0.464 e. The van der Waals surface area contributed by atoms with Crippen LogP contribution in [0.2, 0.25) is 0 Å². The van der Waals surface area contributed by atoms with Gasteiger partial charge in [0, 0.05) is 17.7 Å². The van der Waals surface area contributed by atoms with Crippen molar-refractivity contribution in [3.63, 3.8) is 0 Å². The van der Waals surface area contributed by atoms with Crippen molar-refractivity contribution in [3.05, 3.63) is 29.6 Å². The maximum Gasteiger partial charge on any atom is 0.356 e. The van der Waals surface area contributed by atoms with Crippen molar-refractivity contribution in [1.29, 1.82) is 0 Å². The number of aromatic nitrogens is 1. The Hall–Kier alpha value is -1.82. The average Bonchev–Trinajstić information content (AvgIpc) is 3.10. The monoisotopic (exact) mass is 201 g/mol. The van der Waals surface area contributed by atoms with Crippen LogP contribution < -0.4 is 0 Å². The lowest BCUT2D eigenvalue weighted by Crippen LogP contribution is -2.03. The maximum atomic E-state index is 11.1. The minimum absolute atomic E-state index is 0.314. The van der Waals surface area contributed by atoms with E-state index in [2.05, 4.69) is 21.6 Å². The standard InChI is InChI=1S/C12H11NO2/c1-15-12(14)11-7-6-10(8-13-11)5-4-9-2-3-9/h6-9H,2-3H2,1H3. The molecule has 0 spiro atoms. The van der Waals surface area contributed by atoms with E-state index in [0.717, 1.165) is 5.56 Å². The lowest BCUT2D eigenvalue weighted by molar-refractivity contribution is 0.0594. The van der Waals surface area contributed by atoms with E-state index in [-0.39, 0.29) is 0 Å². The van der Waals surface area contributed by atoms with Crippen LogP contribution in [0.25, 0.3) is 0 Å². The molecule has 1 aromatic heterocycles. The number of hydrogen-bond donors (Lipinski definition) is 0. The summed E-state index contributed by atoms with van der Waals surface area (Å²) in [6.45, 7) is 0. The van der Waals surface area contributed by atoms with E-state index in [4.69, 9.17) is 0 Å². The quantitative estimate of drug-likeness (QED) is 0.512. The van der Waals surface area contributed by atoms with E-state index >= 15 is 0 Å². The van der Waals surface area contributed by atoms with Crippen molar-refractivity contribution >= 4 is 5.97 Å². The van der Waals surface area contributed by atoms with Gasteiger partial charge in [0.2, 0.25) is 0 Å². The molecule has 76 valence electrons. The van der Waals surface area contributed by atoms with Gasteiger partial charge in [0.05, 0.1) is 7.11 Å². The third kappa shape index (κ3) is 2.57. The molecule has 0 saturated heterocycles. The summed E-state index contributed by atoms with van der Waals surface area (Å²) in [5, 5.41) is 0. The Bertz CT molecular complexity index is 421. The second-order valence-corrected chi connectivity index (χ2v) is 3.47. The molecule has 1 aliphatic rings. The molecule has 0 amide bonds. The molecule has 3 nitrogen and oxygen atoms in total. The summed E-state index contributed by atoms with van der Waals surface area (Å²) in [4.78, 5) is 15.1. The van der Waals surface area contributed by atoms with E-state index in [1.54, 1.807) is 18.3 Å². The number of carbonyl (C=O) groups excluding carboxylic acids is 1. The van der Waals surface area contributed by atoms with Crippen molar-refractivity contribution in [3.8, 4) is 11.8 Å². The van der Waals surface area contributed by atoms with E-state index in [0.29, 0.717) is 11.6 Å². The first kappa shape index (κ1) is 9.72. The van der Waals surface area contributed by atoms with Crippen molar-refractivity contribution in [2.45, 2.75) is 12.8 Å². The lowest BCUT2D eigenvalue weighted by atomic mass is 10.2. The number of nitrogens with zero attached hydrogens (tertiary/aromatic N) is 1. The van der Waals surface area contributed by atoms with Crippen LogP contribution in [-0.2, 0) is 4.74 Å². The second kappa shape index (κ2) is 4.14. The van der Waals surface area contributed by atoms with Crippen molar-refractivity contribution in [2.24, 2.45) is 5.92 Å². The van der Waals surface area contributed by atoms with Crippen LogP contribution in [0.15, 0.2) is 18.3 Å². The first-order valence-electron chi connectivity index (χ1n) is 4.85. The Morgan fingerprint density at radius 1 is 1.53 bits per heavy atom. The summed E-state index contributed by atoms with van der Waals surface area (Å²) in [5.41, 5.74) is 1.16. The molecule has 1 heterocycles. The fourth-order valence-electron chi connectivity index (χ4n) is 1.11. The molecule has 0 aromatic carbocycles. The molecule has 3 heteroatoms. The highest BCUT2D eigenvalue weighted by atomic mass is 16.5. The van der Waals surface area contributed by atoms with Crippen molar-refractivity contribution in [1.82, 2.24) is 4.98 Å². The van der Waals surface area contributed by atoms with Crippen LogP contribution >= 0.6 is 0 Å². The topological polar surface area (TPSA) is 39.2 Å². The molecule has 0 aliphatic heterocycles. The number of methoxy groups -OCH3 is 1. The smallest absolute Gasteiger partial charge is 0.356 e. The third-order valence-corrected chi connectivity index (χ3v) is 2.16. The molecule has 0 unspecified atom stereocenters. The van der Waals surface area contributed by atoms with Gasteiger partial charge in [-0.3, -0.25) is 0 Å². The van der Waals surface area contributed by atoms with Gasteiger partial charge in [0.1, 0.15) is 5.69 Å². The van der Waals surface area contributed by atoms with Crippen LogP contribution in [-0.4, -0.2) is 18.1 Å². The molecule has 0 bridgehead atoms. The molecule has 0 N–H and O–H groups in total. The van der Waals surface area contributed by atoms with Crippen molar-refractivity contribution in [2.75, 3.05) is 7.11 Å². The maximum absolute atomic E-state index is 11.1. The summed E-state index contributed by atoms with van der Waals surface area (Å²) in [6.07, 6.45) is 4.02. The molecule has 1 aliphatic carbocycles. The molecule has 1 fully saturated rings. The van der Waals surface area contributed by atoms with E-state index in [9.17, 15) is 4.79 Å². The Morgan fingerprint density at radius 2 is 2.33 bits per heavy atom. The zero-order valence-corrected chi connectivity index (χ0v) is 8.49. The Kier molecular flexibility index (Phi) is 2.68. The number of pyridine rings is 1. The molecule has 1 saturated carbocycles. The lowest BCUT2D eigenvalue weighted by Gasteiger charge is -1.96. The van der Waals surface area contributed by atoms with Gasteiger partial charge >= 0.3 is 5.97 Å². The highest BCUT2D eigenvalue weighted by molar-refractivity contribution is 5.87. The zero-order valence-electron chi connectivity index (χ0n) is 8.49. The van der Waals surface area contributed by atoms with Crippen LogP contribution in [0.4, 0.5) is 0 Å². The van der Waals surface area contributed by atoms with Gasteiger partial charge in [-0.15, -0.1) is 0 Å².